The second-order valence-electron chi connectivity index (χ2n) is 7.25. The molecule has 1 saturated heterocycles. The van der Waals surface area contributed by atoms with E-state index in [0.717, 1.165) is 25.2 Å². The monoisotopic (exact) mass is 427 g/mol. The highest BCUT2D eigenvalue weighted by Crippen LogP contribution is 2.31. The number of hydrogen-bond donors (Lipinski definition) is 0. The molecule has 9 heteroatoms. The number of pyridine rings is 1. The molecule has 6 nitrogen and oxygen atoms in total. The lowest BCUT2D eigenvalue weighted by molar-refractivity contribution is -0.137. The van der Waals surface area contributed by atoms with E-state index in [1.165, 1.54) is 12.3 Å². The van der Waals surface area contributed by atoms with Crippen LogP contribution in [-0.2, 0) is 6.18 Å². The number of halogens is 3. The molecule has 1 fully saturated rings. The molecule has 0 saturated carbocycles. The summed E-state index contributed by atoms with van der Waals surface area (Å²) in [6.07, 6.45) is 0.414. The number of benzene rings is 1. The van der Waals surface area contributed by atoms with E-state index in [2.05, 4.69) is 24.8 Å². The lowest BCUT2D eigenvalue weighted by Gasteiger charge is -2.34. The van der Waals surface area contributed by atoms with Gasteiger partial charge in [0.05, 0.1) is 17.8 Å². The predicted octanol–water partition coefficient (Wildman–Crippen LogP) is 3.56. The summed E-state index contributed by atoms with van der Waals surface area (Å²) in [4.78, 5) is 29.5. The number of ketones is 1. The number of piperazine rings is 1. The largest absolute Gasteiger partial charge is 0.416 e. The summed E-state index contributed by atoms with van der Waals surface area (Å²) in [6, 6.07) is 9.94. The van der Waals surface area contributed by atoms with Crippen LogP contribution in [0.3, 0.4) is 0 Å². The van der Waals surface area contributed by atoms with Crippen molar-refractivity contribution >= 4 is 11.7 Å². The van der Waals surface area contributed by atoms with E-state index < -0.39 is 11.7 Å². The standard InChI is InChI=1S/C22H20F3N5O/c23-22(24,25)18-4-1-3-16(13-18)19-6-5-17(14-28-19)20(31)15-29-9-11-30(12-10-29)21-26-7-2-8-27-21/h1-8,13-14H,9-12,15H2. The number of alkyl halides is 3. The van der Waals surface area contributed by atoms with E-state index in [4.69, 9.17) is 0 Å². The van der Waals surface area contributed by atoms with Crippen molar-refractivity contribution in [3.63, 3.8) is 0 Å². The molecule has 31 heavy (non-hydrogen) atoms. The molecule has 1 aliphatic heterocycles. The summed E-state index contributed by atoms with van der Waals surface area (Å²) >= 11 is 0. The van der Waals surface area contributed by atoms with Gasteiger partial charge in [0.2, 0.25) is 5.95 Å². The van der Waals surface area contributed by atoms with Crippen molar-refractivity contribution in [2.45, 2.75) is 6.18 Å². The maximum atomic E-state index is 12.9. The first-order valence-electron chi connectivity index (χ1n) is 9.81. The molecule has 0 radical (unpaired) electrons. The van der Waals surface area contributed by atoms with Gasteiger partial charge in [-0.1, -0.05) is 12.1 Å². The lowest BCUT2D eigenvalue weighted by atomic mass is 10.1. The highest BCUT2D eigenvalue weighted by atomic mass is 19.4. The number of hydrogen-bond acceptors (Lipinski definition) is 6. The van der Waals surface area contributed by atoms with Crippen molar-refractivity contribution in [3.05, 3.63) is 72.2 Å². The zero-order chi connectivity index (χ0) is 21.8. The molecule has 1 aliphatic rings. The van der Waals surface area contributed by atoms with E-state index in [9.17, 15) is 18.0 Å². The molecule has 4 rings (SSSR count). The van der Waals surface area contributed by atoms with E-state index in [-0.39, 0.29) is 12.3 Å². The van der Waals surface area contributed by atoms with Crippen molar-refractivity contribution in [1.82, 2.24) is 19.9 Å². The minimum atomic E-state index is -4.41. The van der Waals surface area contributed by atoms with Crippen LogP contribution >= 0.6 is 0 Å². The molecule has 0 atom stereocenters. The number of carbonyl (C=O) groups excluding carboxylic acids is 1. The van der Waals surface area contributed by atoms with Gasteiger partial charge < -0.3 is 4.90 Å². The average Bonchev–Trinajstić information content (AvgIpc) is 2.80. The number of anilines is 1. The average molecular weight is 427 g/mol. The summed E-state index contributed by atoms with van der Waals surface area (Å²) in [5.41, 5.74) is 0.448. The number of nitrogens with zero attached hydrogens (tertiary/aromatic N) is 5. The van der Waals surface area contributed by atoms with Crippen LogP contribution in [0.25, 0.3) is 11.3 Å². The molecule has 3 aromatic rings. The molecular formula is C22H20F3N5O. The Balaban J connectivity index is 1.36. The first-order valence-corrected chi connectivity index (χ1v) is 9.81. The first kappa shape index (κ1) is 20.9. The second kappa shape index (κ2) is 8.81. The molecule has 0 amide bonds. The van der Waals surface area contributed by atoms with E-state index in [1.54, 1.807) is 36.7 Å². The van der Waals surface area contributed by atoms with Crippen LogP contribution in [-0.4, -0.2) is 58.4 Å². The van der Waals surface area contributed by atoms with Gasteiger partial charge in [-0.15, -0.1) is 0 Å². The molecule has 0 unspecified atom stereocenters. The van der Waals surface area contributed by atoms with E-state index in [1.807, 2.05) is 0 Å². The van der Waals surface area contributed by atoms with Crippen LogP contribution < -0.4 is 4.90 Å². The Kier molecular flexibility index (Phi) is 5.94. The Morgan fingerprint density at radius 1 is 0.935 bits per heavy atom. The van der Waals surface area contributed by atoms with Crippen LogP contribution in [0.5, 0.6) is 0 Å². The molecule has 160 valence electrons. The van der Waals surface area contributed by atoms with Crippen molar-refractivity contribution in [3.8, 4) is 11.3 Å². The van der Waals surface area contributed by atoms with Crippen molar-refractivity contribution in [2.24, 2.45) is 0 Å². The second-order valence-corrected chi connectivity index (χ2v) is 7.25. The van der Waals surface area contributed by atoms with Gasteiger partial charge in [0.15, 0.2) is 5.78 Å². The van der Waals surface area contributed by atoms with Gasteiger partial charge in [-0.05, 0) is 30.3 Å². The van der Waals surface area contributed by atoms with Crippen molar-refractivity contribution < 1.29 is 18.0 Å². The summed E-state index contributed by atoms with van der Waals surface area (Å²) in [6.45, 7) is 3.13. The molecule has 3 heterocycles. The fraction of sp³-hybridized carbons (Fsp3) is 0.273. The Morgan fingerprint density at radius 3 is 2.32 bits per heavy atom. The van der Waals surface area contributed by atoms with Gasteiger partial charge in [-0.25, -0.2) is 9.97 Å². The van der Waals surface area contributed by atoms with Gasteiger partial charge in [-0.2, -0.15) is 13.2 Å². The minimum absolute atomic E-state index is 0.0764. The molecule has 0 N–H and O–H groups in total. The lowest BCUT2D eigenvalue weighted by Crippen LogP contribution is -2.48. The highest BCUT2D eigenvalue weighted by molar-refractivity contribution is 5.97. The minimum Gasteiger partial charge on any atom is -0.338 e. The fourth-order valence-electron chi connectivity index (χ4n) is 3.44. The third-order valence-electron chi connectivity index (χ3n) is 5.15. The highest BCUT2D eigenvalue weighted by Gasteiger charge is 2.30. The molecular weight excluding hydrogens is 407 g/mol. The summed E-state index contributed by atoms with van der Waals surface area (Å²) in [7, 11) is 0. The zero-order valence-corrected chi connectivity index (χ0v) is 16.6. The van der Waals surface area contributed by atoms with Crippen LogP contribution in [0.2, 0.25) is 0 Å². The van der Waals surface area contributed by atoms with Gasteiger partial charge in [0.25, 0.3) is 0 Å². The van der Waals surface area contributed by atoms with Gasteiger partial charge in [-0.3, -0.25) is 14.7 Å². The molecule has 0 bridgehead atoms. The predicted molar refractivity (Wildman–Crippen MR) is 110 cm³/mol. The summed E-state index contributed by atoms with van der Waals surface area (Å²) < 4.78 is 38.8. The smallest absolute Gasteiger partial charge is 0.338 e. The number of carbonyl (C=O) groups is 1. The Morgan fingerprint density at radius 2 is 1.68 bits per heavy atom. The van der Waals surface area contributed by atoms with Crippen LogP contribution in [0, 0.1) is 0 Å². The third-order valence-corrected chi connectivity index (χ3v) is 5.15. The maximum absolute atomic E-state index is 12.9. The fourth-order valence-corrected chi connectivity index (χ4v) is 3.44. The molecule has 1 aromatic carbocycles. The SMILES string of the molecule is O=C(CN1CCN(c2ncccn2)CC1)c1ccc(-c2cccc(C(F)(F)F)c2)nc1. The van der Waals surface area contributed by atoms with Crippen LogP contribution in [0.1, 0.15) is 15.9 Å². The van der Waals surface area contributed by atoms with Crippen molar-refractivity contribution in [1.29, 1.82) is 0 Å². The third kappa shape index (κ3) is 5.05. The van der Waals surface area contributed by atoms with E-state index in [0.29, 0.717) is 35.9 Å². The van der Waals surface area contributed by atoms with Gasteiger partial charge >= 0.3 is 6.18 Å². The topological polar surface area (TPSA) is 62.2 Å². The maximum Gasteiger partial charge on any atom is 0.416 e. The number of Topliss-reactive ketones (excluding diaryl/α,β-unsaturated/α-hetero) is 1. The van der Waals surface area contributed by atoms with Gasteiger partial charge in [0.1, 0.15) is 0 Å². The van der Waals surface area contributed by atoms with Crippen molar-refractivity contribution in [2.75, 3.05) is 37.6 Å². The number of rotatable bonds is 5. The van der Waals surface area contributed by atoms with E-state index >= 15 is 0 Å². The van der Waals surface area contributed by atoms with Crippen LogP contribution in [0.15, 0.2) is 61.1 Å². The Hall–Kier alpha value is -3.33. The van der Waals surface area contributed by atoms with Gasteiger partial charge in [0, 0.05) is 55.9 Å². The summed E-state index contributed by atoms with van der Waals surface area (Å²) in [5.74, 6) is 0.607. The number of aromatic nitrogens is 3. The Bertz CT molecular complexity index is 1030. The quantitative estimate of drug-likeness (QED) is 0.581. The summed E-state index contributed by atoms with van der Waals surface area (Å²) in [5, 5.41) is 0. The normalized spacial score (nSPS) is 15.1. The van der Waals surface area contributed by atoms with Crippen LogP contribution in [0.4, 0.5) is 19.1 Å². The zero-order valence-electron chi connectivity index (χ0n) is 16.6. The Labute approximate surface area is 177 Å². The molecule has 0 aliphatic carbocycles. The molecule has 2 aromatic heterocycles. The molecule has 0 spiro atoms. The first-order chi connectivity index (χ1) is 14.9.